The average Bonchev–Trinajstić information content (AvgIpc) is 2.27. The smallest absolute Gasteiger partial charge is 0.272 e. The third-order valence-electron chi connectivity index (χ3n) is 1.78. The van der Waals surface area contributed by atoms with Crippen LogP contribution < -0.4 is 5.43 Å². The molecule has 0 aromatic heterocycles. The fourth-order valence-corrected chi connectivity index (χ4v) is 1.20. The first-order valence-corrected chi connectivity index (χ1v) is 5.64. The second kappa shape index (κ2) is 6.00. The van der Waals surface area contributed by atoms with Crippen LogP contribution in [-0.4, -0.2) is 19.9 Å². The standard InChI is InChI=1S/C8H5Cl3N4O4/c9-8(10,11)4-12-13-6-2-1-5(14(16)17)3-7(6)15(18)19/h1-4,13H. The van der Waals surface area contributed by atoms with E-state index < -0.39 is 25.0 Å². The van der Waals surface area contributed by atoms with Crippen LogP contribution in [0.15, 0.2) is 23.3 Å². The minimum Gasteiger partial charge on any atom is -0.272 e. The van der Waals surface area contributed by atoms with Crippen LogP contribution in [0.4, 0.5) is 17.1 Å². The first kappa shape index (κ1) is 15.4. The van der Waals surface area contributed by atoms with Crippen LogP contribution in [0.2, 0.25) is 0 Å². The van der Waals surface area contributed by atoms with Gasteiger partial charge >= 0.3 is 5.69 Å². The molecular weight excluding hydrogens is 322 g/mol. The van der Waals surface area contributed by atoms with Crippen molar-refractivity contribution in [3.05, 3.63) is 38.4 Å². The van der Waals surface area contributed by atoms with Gasteiger partial charge in [-0.25, -0.2) is 0 Å². The Hall–Kier alpha value is -1.64. The van der Waals surface area contributed by atoms with E-state index in [2.05, 4.69) is 10.5 Å². The first-order chi connectivity index (χ1) is 8.70. The van der Waals surface area contributed by atoms with E-state index in [0.29, 0.717) is 0 Å². The molecule has 1 aromatic rings. The van der Waals surface area contributed by atoms with Crippen LogP contribution in [-0.2, 0) is 0 Å². The maximum Gasteiger partial charge on any atom is 0.301 e. The molecular formula is C8H5Cl3N4O4. The molecule has 0 aliphatic carbocycles. The second-order valence-electron chi connectivity index (χ2n) is 3.13. The Bertz CT molecular complexity index is 543. The van der Waals surface area contributed by atoms with Gasteiger partial charge < -0.3 is 0 Å². The summed E-state index contributed by atoms with van der Waals surface area (Å²) >= 11 is 16.2. The van der Waals surface area contributed by atoms with E-state index in [1.54, 1.807) is 0 Å². The van der Waals surface area contributed by atoms with Crippen LogP contribution in [0.1, 0.15) is 0 Å². The van der Waals surface area contributed by atoms with Gasteiger partial charge in [0.15, 0.2) is 0 Å². The Morgan fingerprint density at radius 1 is 1.21 bits per heavy atom. The highest BCUT2D eigenvalue weighted by Crippen LogP contribution is 2.29. The molecule has 0 heterocycles. The van der Waals surface area contributed by atoms with E-state index in [1.165, 1.54) is 0 Å². The molecule has 0 atom stereocenters. The molecule has 0 fully saturated rings. The summed E-state index contributed by atoms with van der Waals surface area (Å²) in [6.07, 6.45) is 0.892. The molecule has 1 aromatic carbocycles. The maximum absolute atomic E-state index is 10.8. The van der Waals surface area contributed by atoms with E-state index in [4.69, 9.17) is 34.8 Å². The highest BCUT2D eigenvalue weighted by molar-refractivity contribution is 6.74. The lowest BCUT2D eigenvalue weighted by Crippen LogP contribution is -2.06. The molecule has 0 saturated heterocycles. The molecule has 0 spiro atoms. The van der Waals surface area contributed by atoms with Crippen LogP contribution in [0.5, 0.6) is 0 Å². The summed E-state index contributed by atoms with van der Waals surface area (Å²) in [4.78, 5) is 19.7. The van der Waals surface area contributed by atoms with Crippen molar-refractivity contribution in [3.63, 3.8) is 0 Å². The van der Waals surface area contributed by atoms with E-state index in [-0.39, 0.29) is 5.69 Å². The van der Waals surface area contributed by atoms with Crippen LogP contribution in [0, 0.1) is 20.2 Å². The molecule has 1 rings (SSSR count). The SMILES string of the molecule is O=[N+]([O-])c1ccc(NN=CC(Cl)(Cl)Cl)c([N+](=O)[O-])c1. The van der Waals surface area contributed by atoms with Crippen LogP contribution >= 0.6 is 34.8 Å². The van der Waals surface area contributed by atoms with Gasteiger partial charge in [0.1, 0.15) is 5.69 Å². The van der Waals surface area contributed by atoms with Crippen molar-refractivity contribution in [2.24, 2.45) is 5.10 Å². The third kappa shape index (κ3) is 4.86. The number of hydrogen-bond acceptors (Lipinski definition) is 6. The lowest BCUT2D eigenvalue weighted by atomic mass is 10.2. The molecule has 0 unspecified atom stereocenters. The number of hydrazone groups is 1. The minimum atomic E-state index is -1.76. The van der Waals surface area contributed by atoms with Gasteiger partial charge in [0.25, 0.3) is 5.69 Å². The molecule has 0 saturated carbocycles. The highest BCUT2D eigenvalue weighted by Gasteiger charge is 2.20. The second-order valence-corrected chi connectivity index (χ2v) is 5.50. The van der Waals surface area contributed by atoms with Crippen molar-refractivity contribution in [1.82, 2.24) is 0 Å². The lowest BCUT2D eigenvalue weighted by molar-refractivity contribution is -0.393. The van der Waals surface area contributed by atoms with Crippen molar-refractivity contribution >= 4 is 58.1 Å². The van der Waals surface area contributed by atoms with Gasteiger partial charge in [0.2, 0.25) is 3.79 Å². The monoisotopic (exact) mass is 326 g/mol. The normalized spacial score (nSPS) is 11.5. The number of nitro benzene ring substituents is 2. The predicted molar refractivity (Wildman–Crippen MR) is 72.2 cm³/mol. The zero-order valence-electron chi connectivity index (χ0n) is 8.92. The van der Waals surface area contributed by atoms with Crippen molar-refractivity contribution in [2.45, 2.75) is 3.79 Å². The Kier molecular flexibility index (Phi) is 4.87. The molecule has 8 nitrogen and oxygen atoms in total. The maximum atomic E-state index is 10.8. The summed E-state index contributed by atoms with van der Waals surface area (Å²) in [5.74, 6) is 0. The number of nitro groups is 2. The summed E-state index contributed by atoms with van der Waals surface area (Å²) in [7, 11) is 0. The fourth-order valence-electron chi connectivity index (χ4n) is 1.05. The molecule has 0 aliphatic heterocycles. The van der Waals surface area contributed by atoms with E-state index in [0.717, 1.165) is 24.4 Å². The van der Waals surface area contributed by atoms with E-state index >= 15 is 0 Å². The number of nitrogens with zero attached hydrogens (tertiary/aromatic N) is 3. The predicted octanol–water partition coefficient (Wildman–Crippen LogP) is 3.27. The topological polar surface area (TPSA) is 111 Å². The number of halogens is 3. The lowest BCUT2D eigenvalue weighted by Gasteiger charge is -2.04. The summed E-state index contributed by atoms with van der Waals surface area (Å²) in [6.45, 7) is 0. The molecule has 102 valence electrons. The average molecular weight is 328 g/mol. The van der Waals surface area contributed by atoms with Gasteiger partial charge in [0.05, 0.1) is 22.1 Å². The van der Waals surface area contributed by atoms with Gasteiger partial charge in [-0.15, -0.1) is 0 Å². The summed E-state index contributed by atoms with van der Waals surface area (Å²) in [6, 6.07) is 3.01. The number of hydrogen-bond donors (Lipinski definition) is 1. The molecule has 11 heteroatoms. The summed E-state index contributed by atoms with van der Waals surface area (Å²) in [5, 5.41) is 24.8. The van der Waals surface area contributed by atoms with Gasteiger partial charge in [-0.1, -0.05) is 34.8 Å². The van der Waals surface area contributed by atoms with E-state index in [1.807, 2.05) is 0 Å². The van der Waals surface area contributed by atoms with Gasteiger partial charge in [0, 0.05) is 6.07 Å². The van der Waals surface area contributed by atoms with Gasteiger partial charge in [-0.3, -0.25) is 25.7 Å². The summed E-state index contributed by atoms with van der Waals surface area (Å²) in [5.41, 5.74) is 1.27. The van der Waals surface area contributed by atoms with Crippen LogP contribution in [0.3, 0.4) is 0 Å². The van der Waals surface area contributed by atoms with Crippen molar-refractivity contribution in [1.29, 1.82) is 0 Å². The Morgan fingerprint density at radius 2 is 1.84 bits per heavy atom. The third-order valence-corrected chi connectivity index (χ3v) is 2.08. The molecule has 0 radical (unpaired) electrons. The van der Waals surface area contributed by atoms with Crippen molar-refractivity contribution in [2.75, 3.05) is 5.43 Å². The molecule has 0 bridgehead atoms. The number of non-ortho nitro benzene ring substituents is 1. The summed E-state index contributed by atoms with van der Waals surface area (Å²) < 4.78 is -1.76. The largest absolute Gasteiger partial charge is 0.301 e. The Balaban J connectivity index is 3.04. The molecule has 19 heavy (non-hydrogen) atoms. The zero-order chi connectivity index (χ0) is 14.6. The fraction of sp³-hybridized carbons (Fsp3) is 0.125. The number of nitrogens with one attached hydrogen (secondary N) is 1. The van der Waals surface area contributed by atoms with Crippen LogP contribution in [0.25, 0.3) is 0 Å². The molecule has 0 aliphatic rings. The number of rotatable bonds is 4. The Morgan fingerprint density at radius 3 is 2.32 bits per heavy atom. The number of benzene rings is 1. The Labute approximate surface area is 121 Å². The zero-order valence-corrected chi connectivity index (χ0v) is 11.2. The van der Waals surface area contributed by atoms with Gasteiger partial charge in [-0.05, 0) is 6.07 Å². The van der Waals surface area contributed by atoms with Gasteiger partial charge in [-0.2, -0.15) is 5.10 Å². The van der Waals surface area contributed by atoms with Crippen molar-refractivity contribution in [3.8, 4) is 0 Å². The quantitative estimate of drug-likeness (QED) is 0.395. The minimum absolute atomic E-state index is 0.0684. The first-order valence-electron chi connectivity index (χ1n) is 4.50. The number of alkyl halides is 3. The molecule has 1 N–H and O–H groups in total. The number of anilines is 1. The van der Waals surface area contributed by atoms with Crippen molar-refractivity contribution < 1.29 is 9.85 Å². The van der Waals surface area contributed by atoms with E-state index in [9.17, 15) is 20.2 Å². The molecule has 0 amide bonds. The highest BCUT2D eigenvalue weighted by atomic mass is 35.6.